The van der Waals surface area contributed by atoms with Gasteiger partial charge in [0.2, 0.25) is 5.89 Å². The van der Waals surface area contributed by atoms with Crippen LogP contribution in [0.15, 0.2) is 34.2 Å². The van der Waals surface area contributed by atoms with Crippen LogP contribution in [-0.4, -0.2) is 28.1 Å². The van der Waals surface area contributed by atoms with Crippen LogP contribution in [0, 0.1) is 0 Å². The van der Waals surface area contributed by atoms with Crippen LogP contribution in [0.2, 0.25) is 0 Å². The highest BCUT2D eigenvalue weighted by Gasteiger charge is 2.32. The van der Waals surface area contributed by atoms with Gasteiger partial charge in [0, 0.05) is 10.8 Å². The van der Waals surface area contributed by atoms with Crippen LogP contribution >= 0.6 is 11.3 Å². The maximum absolute atomic E-state index is 12.8. The molecule has 0 aliphatic rings. The number of carbonyl (C=O) groups is 1. The van der Waals surface area contributed by atoms with Crippen molar-refractivity contribution in [3.05, 3.63) is 47.1 Å². The zero-order valence-corrected chi connectivity index (χ0v) is 17.7. The van der Waals surface area contributed by atoms with Gasteiger partial charge in [-0.05, 0) is 26.0 Å². The van der Waals surface area contributed by atoms with E-state index in [1.165, 1.54) is 11.3 Å². The molecule has 3 aromatic rings. The number of hydrogen-bond acceptors (Lipinski definition) is 7. The van der Waals surface area contributed by atoms with Crippen LogP contribution in [0.4, 0.5) is 0 Å². The number of benzene rings is 1. The number of rotatable bonds is 5. The summed E-state index contributed by atoms with van der Waals surface area (Å²) in [7, 11) is 1.61. The number of carbonyl (C=O) groups excluding carboxylic acids is 1. The third kappa shape index (κ3) is 4.06. The van der Waals surface area contributed by atoms with Crippen molar-refractivity contribution in [2.24, 2.45) is 0 Å². The fourth-order valence-corrected chi connectivity index (χ4v) is 3.34. The van der Waals surface area contributed by atoms with E-state index in [0.29, 0.717) is 23.2 Å². The van der Waals surface area contributed by atoms with Crippen molar-refractivity contribution in [3.8, 4) is 16.3 Å². The number of hydrogen-bond donors (Lipinski definition) is 1. The molecule has 0 aliphatic carbocycles. The number of nitrogens with one attached hydrogen (secondary N) is 1. The maximum atomic E-state index is 12.8. The Bertz CT molecular complexity index is 985. The molecule has 3 rings (SSSR count). The maximum Gasteiger partial charge on any atom is 0.271 e. The molecule has 0 saturated carbocycles. The lowest BCUT2D eigenvalue weighted by atomic mass is 9.97. The first kappa shape index (κ1) is 20.0. The molecule has 0 unspecified atom stereocenters. The summed E-state index contributed by atoms with van der Waals surface area (Å²) in [5, 5.41) is 9.42. The Kier molecular flexibility index (Phi) is 5.25. The quantitative estimate of drug-likeness (QED) is 0.691. The Morgan fingerprint density at radius 3 is 2.50 bits per heavy atom. The first-order valence-electron chi connectivity index (χ1n) is 8.88. The second-order valence-electron chi connectivity index (χ2n) is 7.99. The lowest BCUT2D eigenvalue weighted by molar-refractivity contribution is 0.0903. The van der Waals surface area contributed by atoms with Crippen molar-refractivity contribution >= 4 is 17.2 Å². The van der Waals surface area contributed by atoms with E-state index in [1.807, 2.05) is 58.9 Å². The topological polar surface area (TPSA) is 90.1 Å². The molecule has 0 radical (unpaired) electrons. The van der Waals surface area contributed by atoms with E-state index in [1.54, 1.807) is 12.5 Å². The van der Waals surface area contributed by atoms with E-state index >= 15 is 0 Å². The molecule has 0 aliphatic heterocycles. The van der Waals surface area contributed by atoms with Crippen molar-refractivity contribution in [2.75, 3.05) is 7.11 Å². The standard InChI is InChI=1S/C20H24N4O3S/c1-19(2,3)18-22-17(24-27-18)20(4,5)23-15(25)13-11-28-16(21-13)12-9-7-8-10-14(12)26-6/h7-11H,1-6H3,(H,23,25). The number of thiazole rings is 1. The molecule has 0 fully saturated rings. The van der Waals surface area contributed by atoms with Gasteiger partial charge in [0.05, 0.1) is 18.2 Å². The minimum Gasteiger partial charge on any atom is -0.496 e. The van der Waals surface area contributed by atoms with Crippen molar-refractivity contribution in [3.63, 3.8) is 0 Å². The van der Waals surface area contributed by atoms with Crippen LogP contribution in [0.3, 0.4) is 0 Å². The molecule has 0 atom stereocenters. The number of ether oxygens (including phenoxy) is 1. The van der Waals surface area contributed by atoms with Crippen molar-refractivity contribution in [1.82, 2.24) is 20.4 Å². The summed E-state index contributed by atoms with van der Waals surface area (Å²) in [6.07, 6.45) is 0. The predicted octanol–water partition coefficient (Wildman–Crippen LogP) is 4.16. The normalized spacial score (nSPS) is 12.1. The molecule has 148 valence electrons. The molecule has 0 spiro atoms. The molecule has 1 N–H and O–H groups in total. The molecule has 2 aromatic heterocycles. The second-order valence-corrected chi connectivity index (χ2v) is 8.85. The van der Waals surface area contributed by atoms with Crippen LogP contribution in [0.1, 0.15) is 56.8 Å². The Balaban J connectivity index is 1.80. The minimum absolute atomic E-state index is 0.260. The van der Waals surface area contributed by atoms with E-state index in [-0.39, 0.29) is 11.3 Å². The van der Waals surface area contributed by atoms with Gasteiger partial charge in [-0.25, -0.2) is 4.98 Å². The summed E-state index contributed by atoms with van der Waals surface area (Å²) in [6, 6.07) is 7.58. The first-order valence-corrected chi connectivity index (χ1v) is 9.76. The van der Waals surface area contributed by atoms with E-state index in [0.717, 1.165) is 10.6 Å². The number of amides is 1. The third-order valence-electron chi connectivity index (χ3n) is 4.13. The predicted molar refractivity (Wildman–Crippen MR) is 108 cm³/mol. The van der Waals surface area contributed by atoms with Gasteiger partial charge in [-0.1, -0.05) is 38.1 Å². The largest absolute Gasteiger partial charge is 0.496 e. The zero-order chi connectivity index (χ0) is 20.5. The molecule has 0 saturated heterocycles. The van der Waals surface area contributed by atoms with Crippen LogP contribution in [0.5, 0.6) is 5.75 Å². The second kappa shape index (κ2) is 7.35. The summed E-state index contributed by atoms with van der Waals surface area (Å²) < 4.78 is 10.7. The van der Waals surface area contributed by atoms with Gasteiger partial charge in [0.1, 0.15) is 16.5 Å². The van der Waals surface area contributed by atoms with Gasteiger partial charge in [-0.15, -0.1) is 11.3 Å². The highest BCUT2D eigenvalue weighted by atomic mass is 32.1. The summed E-state index contributed by atoms with van der Waals surface area (Å²) >= 11 is 1.39. The summed E-state index contributed by atoms with van der Waals surface area (Å²) in [6.45, 7) is 9.63. The Hall–Kier alpha value is -2.74. The van der Waals surface area contributed by atoms with E-state index in [2.05, 4.69) is 20.4 Å². The average molecular weight is 401 g/mol. The number of methoxy groups -OCH3 is 1. The molecule has 1 amide bonds. The van der Waals surface area contributed by atoms with Gasteiger partial charge >= 0.3 is 0 Å². The lowest BCUT2D eigenvalue weighted by Crippen LogP contribution is -2.42. The van der Waals surface area contributed by atoms with Crippen molar-refractivity contribution in [2.45, 2.75) is 45.6 Å². The van der Waals surface area contributed by atoms with Gasteiger partial charge in [-0.3, -0.25) is 4.79 Å². The zero-order valence-electron chi connectivity index (χ0n) is 16.9. The molecule has 7 nitrogen and oxygen atoms in total. The van der Waals surface area contributed by atoms with Crippen LogP contribution in [-0.2, 0) is 11.0 Å². The van der Waals surface area contributed by atoms with Gasteiger partial charge in [0.25, 0.3) is 5.91 Å². The molecule has 8 heteroatoms. The smallest absolute Gasteiger partial charge is 0.271 e. The summed E-state index contributed by atoms with van der Waals surface area (Å²) in [5.74, 6) is 1.36. The monoisotopic (exact) mass is 400 g/mol. The van der Waals surface area contributed by atoms with Crippen molar-refractivity contribution < 1.29 is 14.1 Å². The third-order valence-corrected chi connectivity index (χ3v) is 5.00. The molecular weight excluding hydrogens is 376 g/mol. The minimum atomic E-state index is -0.807. The Morgan fingerprint density at radius 2 is 1.86 bits per heavy atom. The number of nitrogens with zero attached hydrogens (tertiary/aromatic N) is 3. The van der Waals surface area contributed by atoms with Gasteiger partial charge < -0.3 is 14.6 Å². The summed E-state index contributed by atoms with van der Waals surface area (Å²) in [5.41, 5.74) is 0.113. The molecular formula is C20H24N4O3S. The fraction of sp³-hybridized carbons (Fsp3) is 0.400. The lowest BCUT2D eigenvalue weighted by Gasteiger charge is -2.21. The molecule has 0 bridgehead atoms. The summed E-state index contributed by atoms with van der Waals surface area (Å²) in [4.78, 5) is 21.7. The van der Waals surface area contributed by atoms with E-state index < -0.39 is 5.54 Å². The SMILES string of the molecule is COc1ccccc1-c1nc(C(=O)NC(C)(C)c2noc(C(C)(C)C)n2)cs1. The molecule has 1 aromatic carbocycles. The van der Waals surface area contributed by atoms with E-state index in [9.17, 15) is 4.79 Å². The highest BCUT2D eigenvalue weighted by Crippen LogP contribution is 2.32. The fourth-order valence-electron chi connectivity index (χ4n) is 2.51. The van der Waals surface area contributed by atoms with Gasteiger partial charge in [-0.2, -0.15) is 4.98 Å². The molecule has 28 heavy (non-hydrogen) atoms. The average Bonchev–Trinajstić information content (AvgIpc) is 3.31. The van der Waals surface area contributed by atoms with E-state index in [4.69, 9.17) is 9.26 Å². The Labute approximate surface area is 168 Å². The number of para-hydroxylation sites is 1. The Morgan fingerprint density at radius 1 is 1.14 bits per heavy atom. The van der Waals surface area contributed by atoms with Crippen LogP contribution < -0.4 is 10.1 Å². The van der Waals surface area contributed by atoms with Crippen LogP contribution in [0.25, 0.3) is 10.6 Å². The van der Waals surface area contributed by atoms with Gasteiger partial charge in [0.15, 0.2) is 5.82 Å². The highest BCUT2D eigenvalue weighted by molar-refractivity contribution is 7.13. The first-order chi connectivity index (χ1) is 13.1. The van der Waals surface area contributed by atoms with Crippen molar-refractivity contribution in [1.29, 1.82) is 0 Å². The number of aromatic nitrogens is 3. The molecule has 2 heterocycles.